The Kier molecular flexibility index (Phi) is 7.45. The van der Waals surface area contributed by atoms with Crippen molar-refractivity contribution in [3.05, 3.63) is 0 Å². The molecule has 92 valence electrons. The molecule has 0 N–H and O–H groups in total. The van der Waals surface area contributed by atoms with Gasteiger partial charge in [-0.1, -0.05) is 13.8 Å². The highest BCUT2D eigenvalue weighted by molar-refractivity contribution is 7.51. The Morgan fingerprint density at radius 1 is 1.27 bits per heavy atom. The van der Waals surface area contributed by atoms with E-state index in [4.69, 9.17) is 9.05 Å². The van der Waals surface area contributed by atoms with Crippen LogP contribution in [0.2, 0.25) is 0 Å². The molecule has 0 aromatic heterocycles. The highest BCUT2D eigenvalue weighted by Crippen LogP contribution is 2.52. The first-order chi connectivity index (χ1) is 7.01. The first-order valence-corrected chi connectivity index (χ1v) is 7.08. The van der Waals surface area contributed by atoms with E-state index in [2.05, 4.69) is 6.92 Å². The van der Waals surface area contributed by atoms with Gasteiger partial charge in [-0.25, -0.2) is 9.24 Å². The van der Waals surface area contributed by atoms with Crippen LogP contribution in [0.15, 0.2) is 0 Å². The van der Waals surface area contributed by atoms with Crippen molar-refractivity contribution in [2.75, 3.05) is 20.3 Å². The van der Waals surface area contributed by atoms with Gasteiger partial charge in [0.25, 0.3) is 0 Å². The van der Waals surface area contributed by atoms with E-state index in [1.165, 1.54) is 7.11 Å². The molecule has 0 aliphatic rings. The van der Waals surface area contributed by atoms with Gasteiger partial charge in [0.2, 0.25) is 0 Å². The SMILES string of the molecule is CCCOP(=O)(OC)N(CCC)C(C)C. The monoisotopic (exact) mass is 237 g/mol. The van der Waals surface area contributed by atoms with Gasteiger partial charge in [-0.15, -0.1) is 0 Å². The van der Waals surface area contributed by atoms with Crippen molar-refractivity contribution in [2.24, 2.45) is 0 Å². The summed E-state index contributed by atoms with van der Waals surface area (Å²) in [6.45, 7) is 9.23. The number of hydrogen-bond donors (Lipinski definition) is 0. The minimum atomic E-state index is -3.07. The third kappa shape index (κ3) is 4.64. The van der Waals surface area contributed by atoms with Crippen molar-refractivity contribution in [1.82, 2.24) is 4.67 Å². The normalized spacial score (nSPS) is 15.9. The zero-order valence-electron chi connectivity index (χ0n) is 10.5. The van der Waals surface area contributed by atoms with Gasteiger partial charge in [-0.05, 0) is 26.7 Å². The molecule has 0 bridgehead atoms. The van der Waals surface area contributed by atoms with Crippen molar-refractivity contribution in [2.45, 2.75) is 46.6 Å². The van der Waals surface area contributed by atoms with E-state index in [9.17, 15) is 4.57 Å². The Bertz CT molecular complexity index is 209. The molecule has 4 nitrogen and oxygen atoms in total. The molecule has 15 heavy (non-hydrogen) atoms. The largest absolute Gasteiger partial charge is 0.408 e. The van der Waals surface area contributed by atoms with Crippen LogP contribution in [0.1, 0.15) is 40.5 Å². The second-order valence-electron chi connectivity index (χ2n) is 3.74. The van der Waals surface area contributed by atoms with Crippen LogP contribution >= 0.6 is 7.75 Å². The average molecular weight is 237 g/mol. The fourth-order valence-corrected chi connectivity index (χ4v) is 3.22. The van der Waals surface area contributed by atoms with Crippen LogP contribution < -0.4 is 0 Å². The number of hydrogen-bond acceptors (Lipinski definition) is 3. The lowest BCUT2D eigenvalue weighted by atomic mass is 10.4. The van der Waals surface area contributed by atoms with Crippen LogP contribution in [0, 0.1) is 0 Å². The average Bonchev–Trinajstić information content (AvgIpc) is 2.22. The first kappa shape index (κ1) is 15.1. The van der Waals surface area contributed by atoms with Gasteiger partial charge >= 0.3 is 7.75 Å². The Balaban J connectivity index is 4.61. The number of rotatable bonds is 8. The molecule has 0 aromatic rings. The van der Waals surface area contributed by atoms with Gasteiger partial charge in [0.15, 0.2) is 0 Å². The van der Waals surface area contributed by atoms with Crippen molar-refractivity contribution in [1.29, 1.82) is 0 Å². The smallest absolute Gasteiger partial charge is 0.300 e. The van der Waals surface area contributed by atoms with E-state index in [1.807, 2.05) is 25.4 Å². The first-order valence-electron chi connectivity index (χ1n) is 5.59. The molecule has 0 rings (SSSR count). The lowest BCUT2D eigenvalue weighted by Gasteiger charge is -2.31. The van der Waals surface area contributed by atoms with Crippen LogP contribution in [-0.2, 0) is 13.6 Å². The van der Waals surface area contributed by atoms with E-state index in [0.29, 0.717) is 6.61 Å². The molecular formula is C10H24NO3P. The molecule has 5 heteroatoms. The van der Waals surface area contributed by atoms with Crippen molar-refractivity contribution >= 4 is 7.75 Å². The fourth-order valence-electron chi connectivity index (χ4n) is 1.33. The molecule has 1 unspecified atom stereocenters. The molecule has 0 heterocycles. The molecule has 0 saturated heterocycles. The third-order valence-corrected chi connectivity index (χ3v) is 4.31. The predicted octanol–water partition coefficient (Wildman–Crippen LogP) is 3.29. The van der Waals surface area contributed by atoms with Crippen LogP contribution in [0.4, 0.5) is 0 Å². The van der Waals surface area contributed by atoms with Crippen LogP contribution in [0.25, 0.3) is 0 Å². The van der Waals surface area contributed by atoms with E-state index in [0.717, 1.165) is 19.4 Å². The zero-order valence-corrected chi connectivity index (χ0v) is 11.4. The van der Waals surface area contributed by atoms with Gasteiger partial charge in [0.1, 0.15) is 0 Å². The quantitative estimate of drug-likeness (QED) is 0.607. The summed E-state index contributed by atoms with van der Waals surface area (Å²) in [6, 6.07) is 0.160. The van der Waals surface area contributed by atoms with Gasteiger partial charge in [-0.3, -0.25) is 9.05 Å². The van der Waals surface area contributed by atoms with E-state index < -0.39 is 7.75 Å². The topological polar surface area (TPSA) is 38.8 Å². The Hall–Kier alpha value is 0.110. The molecule has 0 aromatic carbocycles. The summed E-state index contributed by atoms with van der Waals surface area (Å²) >= 11 is 0. The second-order valence-corrected chi connectivity index (χ2v) is 5.82. The van der Waals surface area contributed by atoms with E-state index >= 15 is 0 Å². The second kappa shape index (κ2) is 7.39. The molecule has 1 atom stereocenters. The van der Waals surface area contributed by atoms with Gasteiger partial charge in [-0.2, -0.15) is 0 Å². The molecule has 0 aliphatic carbocycles. The highest BCUT2D eigenvalue weighted by Gasteiger charge is 2.33. The molecule has 0 radical (unpaired) electrons. The fraction of sp³-hybridized carbons (Fsp3) is 1.00. The lowest BCUT2D eigenvalue weighted by Crippen LogP contribution is -2.30. The Labute approximate surface area is 93.5 Å². The van der Waals surface area contributed by atoms with Crippen molar-refractivity contribution in [3.8, 4) is 0 Å². The van der Waals surface area contributed by atoms with E-state index in [1.54, 1.807) is 0 Å². The minimum absolute atomic E-state index is 0.160. The molecule has 0 fully saturated rings. The summed E-state index contributed by atoms with van der Waals surface area (Å²) in [5.74, 6) is 0. The number of nitrogens with zero attached hydrogens (tertiary/aromatic N) is 1. The van der Waals surface area contributed by atoms with Gasteiger partial charge < -0.3 is 0 Å². The Morgan fingerprint density at radius 3 is 2.20 bits per heavy atom. The van der Waals surface area contributed by atoms with Crippen molar-refractivity contribution in [3.63, 3.8) is 0 Å². The maximum absolute atomic E-state index is 12.4. The molecule has 0 spiro atoms. The standard InChI is InChI=1S/C10H24NO3P/c1-6-8-11(10(3)4)15(12,13-5)14-9-7-2/h10H,6-9H2,1-5H3. The molecular weight excluding hydrogens is 213 g/mol. The van der Waals surface area contributed by atoms with Crippen LogP contribution in [0.5, 0.6) is 0 Å². The Morgan fingerprint density at radius 2 is 1.87 bits per heavy atom. The van der Waals surface area contributed by atoms with Crippen molar-refractivity contribution < 1.29 is 13.6 Å². The summed E-state index contributed by atoms with van der Waals surface area (Å²) in [6.07, 6.45) is 1.77. The van der Waals surface area contributed by atoms with Gasteiger partial charge in [0.05, 0.1) is 6.61 Å². The molecule has 0 aliphatic heterocycles. The highest BCUT2D eigenvalue weighted by atomic mass is 31.2. The minimum Gasteiger partial charge on any atom is -0.300 e. The van der Waals surface area contributed by atoms with Crippen LogP contribution in [-0.4, -0.2) is 31.0 Å². The predicted molar refractivity (Wildman–Crippen MR) is 63.0 cm³/mol. The van der Waals surface area contributed by atoms with E-state index in [-0.39, 0.29) is 6.04 Å². The lowest BCUT2D eigenvalue weighted by molar-refractivity contribution is 0.165. The summed E-state index contributed by atoms with van der Waals surface area (Å²) in [4.78, 5) is 0. The summed E-state index contributed by atoms with van der Waals surface area (Å²) < 4.78 is 24.6. The summed E-state index contributed by atoms with van der Waals surface area (Å²) in [5.41, 5.74) is 0. The zero-order chi connectivity index (χ0) is 11.9. The third-order valence-electron chi connectivity index (χ3n) is 2.05. The maximum atomic E-state index is 12.4. The molecule has 0 amide bonds. The summed E-state index contributed by atoms with van der Waals surface area (Å²) in [5, 5.41) is 0. The maximum Gasteiger partial charge on any atom is 0.408 e. The van der Waals surface area contributed by atoms with Crippen LogP contribution in [0.3, 0.4) is 0 Å². The van der Waals surface area contributed by atoms with Gasteiger partial charge in [0, 0.05) is 19.7 Å². The summed E-state index contributed by atoms with van der Waals surface area (Å²) in [7, 11) is -1.62. The molecule has 0 saturated carbocycles.